The highest BCUT2D eigenvalue weighted by Crippen LogP contribution is 2.37. The highest BCUT2D eigenvalue weighted by molar-refractivity contribution is 5.99. The molecule has 0 spiro atoms. The fraction of sp³-hybridized carbons (Fsp3) is 0.571. The van der Waals surface area contributed by atoms with E-state index >= 15 is 0 Å². The Labute approximate surface area is 170 Å². The molecule has 1 aromatic rings. The quantitative estimate of drug-likeness (QED) is 0.695. The number of carbonyl (C=O) groups excluding carboxylic acids is 3. The predicted molar refractivity (Wildman–Crippen MR) is 103 cm³/mol. The van der Waals surface area contributed by atoms with Crippen LogP contribution in [0.3, 0.4) is 0 Å². The lowest BCUT2D eigenvalue weighted by Gasteiger charge is -2.27. The molecule has 0 N–H and O–H groups in total. The number of fused-ring (bicyclic) bond motifs is 1. The van der Waals surface area contributed by atoms with Gasteiger partial charge in [-0.1, -0.05) is 19.9 Å². The lowest BCUT2D eigenvalue weighted by atomic mass is 9.92. The van der Waals surface area contributed by atoms with Crippen molar-refractivity contribution in [2.45, 2.75) is 58.6 Å². The average Bonchev–Trinajstić information content (AvgIpc) is 3.23. The number of hydrogen-bond donors (Lipinski definition) is 0. The molecule has 8 heteroatoms. The summed E-state index contributed by atoms with van der Waals surface area (Å²) < 4.78 is 21.3. The van der Waals surface area contributed by atoms with Crippen molar-refractivity contribution in [3.05, 3.63) is 23.8 Å². The molecular formula is C21H27NO7. The van der Waals surface area contributed by atoms with Crippen molar-refractivity contribution in [1.82, 2.24) is 4.90 Å². The highest BCUT2D eigenvalue weighted by Gasteiger charge is 2.43. The third kappa shape index (κ3) is 4.63. The van der Waals surface area contributed by atoms with Gasteiger partial charge in [-0.3, -0.25) is 9.59 Å². The molecule has 0 bridgehead atoms. The van der Waals surface area contributed by atoms with Crippen LogP contribution in [-0.2, 0) is 19.1 Å². The molecule has 2 amide bonds. The summed E-state index contributed by atoms with van der Waals surface area (Å²) in [6.45, 7) is 9.34. The van der Waals surface area contributed by atoms with Crippen LogP contribution >= 0.6 is 0 Å². The molecule has 0 radical (unpaired) electrons. The lowest BCUT2D eigenvalue weighted by molar-refractivity contribution is -0.157. The summed E-state index contributed by atoms with van der Waals surface area (Å²) >= 11 is 0. The van der Waals surface area contributed by atoms with Crippen molar-refractivity contribution in [2.75, 3.05) is 13.4 Å². The maximum atomic E-state index is 13.4. The van der Waals surface area contributed by atoms with Crippen molar-refractivity contribution in [1.29, 1.82) is 0 Å². The van der Waals surface area contributed by atoms with Gasteiger partial charge in [-0.15, -0.1) is 0 Å². The van der Waals surface area contributed by atoms with E-state index in [9.17, 15) is 14.4 Å². The minimum absolute atomic E-state index is 0.0179. The van der Waals surface area contributed by atoms with Crippen LogP contribution in [0.15, 0.2) is 18.2 Å². The molecule has 8 nitrogen and oxygen atoms in total. The summed E-state index contributed by atoms with van der Waals surface area (Å²) in [6.07, 6.45) is -0.895. The lowest BCUT2D eigenvalue weighted by Crippen LogP contribution is -2.44. The number of nitrogens with zero attached hydrogens (tertiary/aromatic N) is 1. The number of hydrogen-bond acceptors (Lipinski definition) is 7. The number of benzene rings is 1. The Morgan fingerprint density at radius 3 is 2.52 bits per heavy atom. The topological polar surface area (TPSA) is 91.4 Å². The standard InChI is InChI=1S/C21H27NO7/c1-12(2)15-10-26-20(25)22(15)19(24)14(9-18(23)29-21(3,4)5)13-6-7-16-17(8-13)28-11-27-16/h6-8,12,14-15H,9-11H2,1-5H3/t14-,15?/m0/s1. The molecule has 1 saturated heterocycles. The molecule has 3 rings (SSSR count). The van der Waals surface area contributed by atoms with Crippen LogP contribution in [0.5, 0.6) is 11.5 Å². The number of esters is 1. The molecule has 1 fully saturated rings. The van der Waals surface area contributed by atoms with Crippen LogP contribution in [0, 0.1) is 5.92 Å². The Balaban J connectivity index is 1.92. The zero-order valence-electron chi connectivity index (χ0n) is 17.4. The van der Waals surface area contributed by atoms with Gasteiger partial charge in [-0.25, -0.2) is 9.69 Å². The largest absolute Gasteiger partial charge is 0.460 e. The molecule has 1 aromatic carbocycles. The van der Waals surface area contributed by atoms with E-state index in [0.29, 0.717) is 17.1 Å². The minimum Gasteiger partial charge on any atom is -0.460 e. The monoisotopic (exact) mass is 405 g/mol. The Bertz CT molecular complexity index is 812. The smallest absolute Gasteiger partial charge is 0.417 e. The molecule has 1 unspecified atom stereocenters. The minimum atomic E-state index is -0.911. The van der Waals surface area contributed by atoms with Gasteiger partial charge < -0.3 is 18.9 Å². The second-order valence-corrected chi connectivity index (χ2v) is 8.55. The summed E-state index contributed by atoms with van der Waals surface area (Å²) in [4.78, 5) is 39.4. The van der Waals surface area contributed by atoms with Crippen LogP contribution in [0.4, 0.5) is 4.79 Å². The van der Waals surface area contributed by atoms with Gasteiger partial charge in [0.2, 0.25) is 12.7 Å². The van der Waals surface area contributed by atoms with Gasteiger partial charge in [-0.2, -0.15) is 0 Å². The van der Waals surface area contributed by atoms with Gasteiger partial charge in [0, 0.05) is 0 Å². The normalized spacial score (nSPS) is 19.3. The molecule has 158 valence electrons. The third-order valence-electron chi connectivity index (χ3n) is 4.80. The van der Waals surface area contributed by atoms with Crippen molar-refractivity contribution < 1.29 is 33.3 Å². The van der Waals surface area contributed by atoms with E-state index in [1.165, 1.54) is 0 Å². The van der Waals surface area contributed by atoms with Crippen LogP contribution in [0.25, 0.3) is 0 Å². The summed E-state index contributed by atoms with van der Waals surface area (Å²) in [5.74, 6) is -0.847. The first-order valence-electron chi connectivity index (χ1n) is 9.68. The number of imide groups is 1. The van der Waals surface area contributed by atoms with Crippen LogP contribution in [-0.4, -0.2) is 47.9 Å². The van der Waals surface area contributed by atoms with E-state index in [-0.39, 0.29) is 31.8 Å². The van der Waals surface area contributed by atoms with Crippen molar-refractivity contribution in [3.63, 3.8) is 0 Å². The first kappa shape index (κ1) is 21.0. The van der Waals surface area contributed by atoms with E-state index in [2.05, 4.69) is 0 Å². The van der Waals surface area contributed by atoms with Crippen molar-refractivity contribution in [2.24, 2.45) is 5.92 Å². The van der Waals surface area contributed by atoms with E-state index in [0.717, 1.165) is 4.90 Å². The number of amides is 2. The molecule has 29 heavy (non-hydrogen) atoms. The van der Waals surface area contributed by atoms with Gasteiger partial charge in [0.25, 0.3) is 0 Å². The molecule has 2 aliphatic heterocycles. The summed E-state index contributed by atoms with van der Waals surface area (Å²) in [5, 5.41) is 0. The van der Waals surface area contributed by atoms with E-state index < -0.39 is 29.5 Å². The summed E-state index contributed by atoms with van der Waals surface area (Å²) in [5.41, 5.74) is -0.139. The SMILES string of the molecule is CC(C)C1COC(=O)N1C(=O)[C@@H](CC(=O)OC(C)(C)C)c1ccc2c(c1)OCO2. The zero-order chi connectivity index (χ0) is 21.3. The maximum Gasteiger partial charge on any atom is 0.417 e. The molecule has 2 heterocycles. The summed E-state index contributed by atoms with van der Waals surface area (Å²) in [7, 11) is 0. The van der Waals surface area contributed by atoms with Gasteiger partial charge in [-0.05, 0) is 44.4 Å². The highest BCUT2D eigenvalue weighted by atomic mass is 16.7. The maximum absolute atomic E-state index is 13.4. The third-order valence-corrected chi connectivity index (χ3v) is 4.80. The van der Waals surface area contributed by atoms with Crippen LogP contribution < -0.4 is 9.47 Å². The molecular weight excluding hydrogens is 378 g/mol. The van der Waals surface area contributed by atoms with Gasteiger partial charge >= 0.3 is 12.1 Å². The van der Waals surface area contributed by atoms with E-state index in [4.69, 9.17) is 18.9 Å². The average molecular weight is 405 g/mol. The Morgan fingerprint density at radius 2 is 1.86 bits per heavy atom. The van der Waals surface area contributed by atoms with Crippen molar-refractivity contribution in [3.8, 4) is 11.5 Å². The molecule has 0 aromatic heterocycles. The molecule has 0 aliphatic carbocycles. The fourth-order valence-electron chi connectivity index (χ4n) is 3.38. The number of ether oxygens (including phenoxy) is 4. The zero-order valence-corrected chi connectivity index (χ0v) is 17.4. The van der Waals surface area contributed by atoms with Crippen LogP contribution in [0.1, 0.15) is 52.5 Å². The Hall–Kier alpha value is -2.77. The van der Waals surface area contributed by atoms with E-state index in [1.54, 1.807) is 39.0 Å². The van der Waals surface area contributed by atoms with Gasteiger partial charge in [0.05, 0.1) is 18.4 Å². The number of carbonyl (C=O) groups is 3. The van der Waals surface area contributed by atoms with Crippen LogP contribution in [0.2, 0.25) is 0 Å². The second-order valence-electron chi connectivity index (χ2n) is 8.55. The van der Waals surface area contributed by atoms with Gasteiger partial charge in [0.1, 0.15) is 12.2 Å². The molecule has 2 aliphatic rings. The number of cyclic esters (lactones) is 1. The molecule has 2 atom stereocenters. The summed E-state index contributed by atoms with van der Waals surface area (Å²) in [6, 6.07) is 4.67. The fourth-order valence-corrected chi connectivity index (χ4v) is 3.38. The molecule has 0 saturated carbocycles. The second kappa shape index (κ2) is 7.93. The predicted octanol–water partition coefficient (Wildman–Crippen LogP) is 3.23. The first-order chi connectivity index (χ1) is 13.6. The first-order valence-corrected chi connectivity index (χ1v) is 9.68. The van der Waals surface area contributed by atoms with Crippen molar-refractivity contribution >= 4 is 18.0 Å². The Kier molecular flexibility index (Phi) is 5.73. The number of rotatable bonds is 5. The van der Waals surface area contributed by atoms with E-state index in [1.807, 2.05) is 13.8 Å². The van der Waals surface area contributed by atoms with Gasteiger partial charge in [0.15, 0.2) is 11.5 Å². The Morgan fingerprint density at radius 1 is 1.17 bits per heavy atom.